The largest absolute Gasteiger partial charge is 0.293 e. The van der Waals surface area contributed by atoms with E-state index < -0.39 is 0 Å². The van der Waals surface area contributed by atoms with Gasteiger partial charge in [-0.2, -0.15) is 0 Å². The molecule has 0 atom stereocenters. The summed E-state index contributed by atoms with van der Waals surface area (Å²) in [5.74, 6) is 5.07. The molecule has 5 aliphatic carbocycles. The van der Waals surface area contributed by atoms with Crippen LogP contribution in [0.15, 0.2) is 140 Å². The highest BCUT2D eigenvalue weighted by Gasteiger charge is 2.61. The van der Waals surface area contributed by atoms with Gasteiger partial charge in [0.15, 0.2) is 5.82 Å². The van der Waals surface area contributed by atoms with Gasteiger partial charge in [0.25, 0.3) is 0 Å². The summed E-state index contributed by atoms with van der Waals surface area (Å²) in [7, 11) is 0. The highest BCUT2D eigenvalue weighted by Crippen LogP contribution is 2.69. The molecule has 0 unspecified atom stereocenters. The lowest BCUT2D eigenvalue weighted by atomic mass is 9.43. The molecule has 8 aromatic rings. The summed E-state index contributed by atoms with van der Waals surface area (Å²) in [5, 5.41) is 4.93. The highest BCUT2D eigenvalue weighted by atomic mass is 15.1. The Morgan fingerprint density at radius 3 is 2.12 bits per heavy atom. The Hall–Kier alpha value is -5.54. The van der Waals surface area contributed by atoms with E-state index in [2.05, 4.69) is 119 Å². The first kappa shape index (κ1) is 28.2. The molecule has 0 saturated heterocycles. The van der Waals surface area contributed by atoms with Gasteiger partial charge in [0.1, 0.15) is 5.82 Å². The van der Waals surface area contributed by atoms with Gasteiger partial charge >= 0.3 is 0 Å². The normalized spacial score (nSPS) is 24.2. The van der Waals surface area contributed by atoms with Crippen molar-refractivity contribution in [1.82, 2.24) is 14.5 Å². The summed E-state index contributed by atoms with van der Waals surface area (Å²) in [4.78, 5) is 9.83. The Morgan fingerprint density at radius 2 is 1.25 bits per heavy atom. The first-order chi connectivity index (χ1) is 25.2. The standard InChI is InChI=1S/C48H37N3/c1-2-9-32(10-3-1)47-49-21-20-45(50-47)51-44-19-16-34(28-41(44)39-17-14-31-8-4-5-11-37(31)46(39)51)33-15-18-43-40(27-33)38-12-6-7-13-42(38)48(43)35-23-29-22-30(25-35)26-36(48)24-29/h1-21,27-30,35-36H,22-26H2. The van der Waals surface area contributed by atoms with Crippen molar-refractivity contribution in [3.8, 4) is 39.5 Å². The summed E-state index contributed by atoms with van der Waals surface area (Å²) in [6.45, 7) is 0. The van der Waals surface area contributed by atoms with Crippen LogP contribution in [0, 0.1) is 23.7 Å². The minimum absolute atomic E-state index is 0.201. The topological polar surface area (TPSA) is 30.7 Å². The van der Waals surface area contributed by atoms with E-state index in [4.69, 9.17) is 4.98 Å². The van der Waals surface area contributed by atoms with Gasteiger partial charge in [0.2, 0.25) is 0 Å². The lowest BCUT2D eigenvalue weighted by Gasteiger charge is -2.61. The predicted octanol–water partition coefficient (Wildman–Crippen LogP) is 11.8. The van der Waals surface area contributed by atoms with Gasteiger partial charge in [0.05, 0.1) is 11.0 Å². The zero-order chi connectivity index (χ0) is 33.3. The number of nitrogens with zero attached hydrogens (tertiary/aromatic N) is 3. The van der Waals surface area contributed by atoms with E-state index in [0.29, 0.717) is 0 Å². The molecule has 0 aliphatic heterocycles. The second kappa shape index (κ2) is 10.3. The smallest absolute Gasteiger partial charge is 0.161 e. The Kier molecular flexibility index (Phi) is 5.67. The molecular weight excluding hydrogens is 619 g/mol. The Balaban J connectivity index is 1.05. The number of rotatable bonds is 3. The molecule has 3 nitrogen and oxygen atoms in total. The average molecular weight is 656 g/mol. The van der Waals surface area contributed by atoms with E-state index in [0.717, 1.165) is 46.4 Å². The van der Waals surface area contributed by atoms with Crippen LogP contribution in [0.2, 0.25) is 0 Å². The maximum Gasteiger partial charge on any atom is 0.161 e. The van der Waals surface area contributed by atoms with Crippen LogP contribution < -0.4 is 0 Å². The van der Waals surface area contributed by atoms with Crippen molar-refractivity contribution in [1.29, 1.82) is 0 Å². The van der Waals surface area contributed by atoms with Gasteiger partial charge in [-0.3, -0.25) is 4.57 Å². The van der Waals surface area contributed by atoms with Crippen molar-refractivity contribution in [2.45, 2.75) is 37.5 Å². The summed E-state index contributed by atoms with van der Waals surface area (Å²) in [6, 6.07) is 49.6. The maximum absolute atomic E-state index is 5.16. The number of aromatic nitrogens is 3. The second-order valence-electron chi connectivity index (χ2n) is 15.8. The third kappa shape index (κ3) is 3.79. The van der Waals surface area contributed by atoms with E-state index >= 15 is 0 Å². The van der Waals surface area contributed by atoms with E-state index in [9.17, 15) is 0 Å². The van der Waals surface area contributed by atoms with Crippen LogP contribution in [-0.2, 0) is 5.41 Å². The molecule has 4 bridgehead atoms. The Bertz CT molecular complexity index is 2690. The Labute approximate surface area is 297 Å². The van der Waals surface area contributed by atoms with Crippen molar-refractivity contribution in [2.75, 3.05) is 0 Å². The van der Waals surface area contributed by atoms with Crippen LogP contribution in [0.4, 0.5) is 0 Å². The third-order valence-electron chi connectivity index (χ3n) is 13.4. The van der Waals surface area contributed by atoms with Gasteiger partial charge in [-0.15, -0.1) is 0 Å². The van der Waals surface area contributed by atoms with Crippen LogP contribution in [0.1, 0.15) is 43.2 Å². The van der Waals surface area contributed by atoms with E-state index in [1.165, 1.54) is 81.4 Å². The Morgan fingerprint density at radius 1 is 0.529 bits per heavy atom. The van der Waals surface area contributed by atoms with Crippen LogP contribution in [0.3, 0.4) is 0 Å². The fourth-order valence-electron chi connectivity index (χ4n) is 11.7. The lowest BCUT2D eigenvalue weighted by Crippen LogP contribution is -2.55. The zero-order valence-corrected chi connectivity index (χ0v) is 28.5. The molecule has 5 aliphatic rings. The van der Waals surface area contributed by atoms with E-state index in [-0.39, 0.29) is 5.41 Å². The molecule has 0 amide bonds. The van der Waals surface area contributed by atoms with Crippen molar-refractivity contribution in [3.05, 3.63) is 151 Å². The quantitative estimate of drug-likeness (QED) is 0.190. The molecule has 4 saturated carbocycles. The third-order valence-corrected chi connectivity index (χ3v) is 13.4. The molecule has 4 fully saturated rings. The van der Waals surface area contributed by atoms with E-state index in [1.54, 1.807) is 11.1 Å². The summed E-state index contributed by atoms with van der Waals surface area (Å²) < 4.78 is 2.35. The molecule has 2 heterocycles. The summed E-state index contributed by atoms with van der Waals surface area (Å²) in [6.07, 6.45) is 9.03. The predicted molar refractivity (Wildman–Crippen MR) is 208 cm³/mol. The second-order valence-corrected chi connectivity index (χ2v) is 15.8. The molecule has 3 heteroatoms. The number of hydrogen-bond acceptors (Lipinski definition) is 2. The molecule has 2 aromatic heterocycles. The van der Waals surface area contributed by atoms with Gasteiger partial charge in [-0.05, 0) is 119 Å². The molecule has 1 spiro atoms. The summed E-state index contributed by atoms with van der Waals surface area (Å²) >= 11 is 0. The maximum atomic E-state index is 5.16. The first-order valence-corrected chi connectivity index (χ1v) is 18.8. The average Bonchev–Trinajstić information content (AvgIpc) is 3.67. The summed E-state index contributed by atoms with van der Waals surface area (Å²) in [5.41, 5.74) is 12.3. The highest BCUT2D eigenvalue weighted by molar-refractivity contribution is 6.19. The number of fused-ring (bicyclic) bond motifs is 8. The SMILES string of the molecule is c1ccc(-c2nccc(-n3c4ccc(-c5ccc6c(c5)-c5ccccc5C65C6CC7CC(C6)CC5C7)cc4c4ccc5ccccc5c43)n2)cc1. The monoisotopic (exact) mass is 655 g/mol. The van der Waals surface area contributed by atoms with Crippen LogP contribution >= 0.6 is 0 Å². The van der Waals surface area contributed by atoms with Gasteiger partial charge in [0, 0.05) is 33.3 Å². The van der Waals surface area contributed by atoms with Crippen molar-refractivity contribution in [3.63, 3.8) is 0 Å². The first-order valence-electron chi connectivity index (χ1n) is 18.8. The zero-order valence-electron chi connectivity index (χ0n) is 28.5. The molecule has 51 heavy (non-hydrogen) atoms. The molecule has 0 N–H and O–H groups in total. The molecular formula is C48H37N3. The molecule has 244 valence electrons. The van der Waals surface area contributed by atoms with Crippen LogP contribution in [0.5, 0.6) is 0 Å². The van der Waals surface area contributed by atoms with Gasteiger partial charge in [-0.25, -0.2) is 9.97 Å². The molecule has 6 aromatic carbocycles. The van der Waals surface area contributed by atoms with E-state index in [1.807, 2.05) is 30.5 Å². The van der Waals surface area contributed by atoms with Crippen molar-refractivity contribution in [2.24, 2.45) is 23.7 Å². The minimum Gasteiger partial charge on any atom is -0.293 e. The van der Waals surface area contributed by atoms with Gasteiger partial charge in [-0.1, -0.05) is 109 Å². The van der Waals surface area contributed by atoms with Crippen molar-refractivity contribution < 1.29 is 0 Å². The van der Waals surface area contributed by atoms with Crippen LogP contribution in [-0.4, -0.2) is 14.5 Å². The van der Waals surface area contributed by atoms with Gasteiger partial charge < -0.3 is 0 Å². The molecule has 13 rings (SSSR count). The van der Waals surface area contributed by atoms with Crippen molar-refractivity contribution >= 4 is 32.6 Å². The fourth-order valence-corrected chi connectivity index (χ4v) is 11.7. The number of hydrogen-bond donors (Lipinski definition) is 0. The minimum atomic E-state index is 0.201. The lowest BCUT2D eigenvalue weighted by molar-refractivity contribution is -0.0399. The molecule has 0 radical (unpaired) electrons. The van der Waals surface area contributed by atoms with Crippen LogP contribution in [0.25, 0.3) is 72.0 Å². The number of benzene rings is 6. The fraction of sp³-hybridized carbons (Fsp3) is 0.208.